The van der Waals surface area contributed by atoms with E-state index in [0.717, 1.165) is 11.1 Å². The van der Waals surface area contributed by atoms with Crippen LogP contribution in [-0.4, -0.2) is 27.1 Å². The van der Waals surface area contributed by atoms with Gasteiger partial charge in [0.25, 0.3) is 0 Å². The lowest BCUT2D eigenvalue weighted by atomic mass is 9.83. The molecule has 2 aromatic carbocycles. The summed E-state index contributed by atoms with van der Waals surface area (Å²) in [5.41, 5.74) is 7.88. The van der Waals surface area contributed by atoms with E-state index in [0.29, 0.717) is 12.3 Å². The Hall–Kier alpha value is -3.29. The zero-order chi connectivity index (χ0) is 20.0. The summed E-state index contributed by atoms with van der Waals surface area (Å²) in [5, 5.41) is 20.5. The van der Waals surface area contributed by atoms with Crippen molar-refractivity contribution in [1.82, 2.24) is 15.8 Å². The number of hydrazine groups is 1. The highest BCUT2D eigenvalue weighted by Crippen LogP contribution is 2.49. The first-order valence-corrected chi connectivity index (χ1v) is 9.54. The topological polar surface area (TPSA) is 98.0 Å². The molecule has 0 aliphatic carbocycles. The number of rotatable bonds is 4. The number of furan rings is 1. The van der Waals surface area contributed by atoms with Crippen LogP contribution in [-0.2, 0) is 11.3 Å². The largest absolute Gasteiger partial charge is 0.508 e. The minimum absolute atomic E-state index is 0.0508. The summed E-state index contributed by atoms with van der Waals surface area (Å²) in [7, 11) is 0. The van der Waals surface area contributed by atoms with Crippen molar-refractivity contribution in [1.29, 1.82) is 0 Å². The average Bonchev–Trinajstić information content (AvgIpc) is 3.42. The number of carbonyl (C=O) groups excluding carboxylic acids is 1. The second-order valence-electron chi connectivity index (χ2n) is 7.47. The van der Waals surface area contributed by atoms with E-state index in [4.69, 9.17) is 4.42 Å². The minimum atomic E-state index is -0.457. The van der Waals surface area contributed by atoms with Gasteiger partial charge >= 0.3 is 0 Å². The van der Waals surface area contributed by atoms with E-state index >= 15 is 0 Å². The predicted molar refractivity (Wildman–Crippen MR) is 105 cm³/mol. The summed E-state index contributed by atoms with van der Waals surface area (Å²) in [6.45, 7) is 0.328. The first-order chi connectivity index (χ1) is 14.1. The van der Waals surface area contributed by atoms with Gasteiger partial charge in [0.15, 0.2) is 0 Å². The van der Waals surface area contributed by atoms with Crippen molar-refractivity contribution in [2.45, 2.75) is 24.7 Å². The lowest BCUT2D eigenvalue weighted by Gasteiger charge is -2.31. The standard InChI is InChI=1S/C22H21N3O4/c26-14-6-3-5-13(11-14)21-18-19(16-8-1-2-9-17(16)27)23-24-20(18)22(28)25(21)12-15-7-4-10-29-15/h1-11,18-21,23-24,26-27H,12H2. The maximum absolute atomic E-state index is 13.3. The highest BCUT2D eigenvalue weighted by molar-refractivity contribution is 5.86. The SMILES string of the molecule is O=C1C2NNC(c3ccccc3O)C2C(c2cccc(O)c2)N1Cc1ccco1. The molecule has 7 heteroatoms. The Morgan fingerprint density at radius 3 is 2.55 bits per heavy atom. The van der Waals surface area contributed by atoms with Gasteiger partial charge in [-0.1, -0.05) is 30.3 Å². The molecule has 0 spiro atoms. The number of fused-ring (bicyclic) bond motifs is 1. The lowest BCUT2D eigenvalue weighted by Crippen LogP contribution is -2.41. The summed E-state index contributed by atoms with van der Waals surface area (Å²) in [5.74, 6) is 0.779. The third kappa shape index (κ3) is 2.95. The van der Waals surface area contributed by atoms with E-state index in [2.05, 4.69) is 10.9 Å². The number of aromatic hydroxyl groups is 2. The van der Waals surface area contributed by atoms with Crippen LogP contribution in [0.4, 0.5) is 0 Å². The van der Waals surface area contributed by atoms with Crippen molar-refractivity contribution in [3.05, 3.63) is 83.8 Å². The van der Waals surface area contributed by atoms with Gasteiger partial charge < -0.3 is 19.5 Å². The zero-order valence-corrected chi connectivity index (χ0v) is 15.5. The van der Waals surface area contributed by atoms with E-state index in [9.17, 15) is 15.0 Å². The van der Waals surface area contributed by atoms with Gasteiger partial charge in [-0.15, -0.1) is 0 Å². The Labute approximate surface area is 167 Å². The van der Waals surface area contributed by atoms with Gasteiger partial charge in [-0.25, -0.2) is 10.9 Å². The molecular weight excluding hydrogens is 370 g/mol. The van der Waals surface area contributed by atoms with Crippen LogP contribution in [0.3, 0.4) is 0 Å². The Morgan fingerprint density at radius 2 is 1.79 bits per heavy atom. The van der Waals surface area contributed by atoms with Crippen molar-refractivity contribution in [3.8, 4) is 11.5 Å². The molecule has 3 aromatic rings. The van der Waals surface area contributed by atoms with Crippen LogP contribution in [0.5, 0.6) is 11.5 Å². The summed E-state index contributed by atoms with van der Waals surface area (Å²) >= 11 is 0. The van der Waals surface area contributed by atoms with Gasteiger partial charge in [-0.2, -0.15) is 0 Å². The number of benzene rings is 2. The number of carbonyl (C=O) groups is 1. The number of phenols is 2. The highest BCUT2D eigenvalue weighted by Gasteiger charge is 2.56. The fraction of sp³-hybridized carbons (Fsp3) is 0.227. The fourth-order valence-corrected chi connectivity index (χ4v) is 4.57. The fourth-order valence-electron chi connectivity index (χ4n) is 4.57. The number of amides is 1. The maximum atomic E-state index is 13.3. The molecule has 0 radical (unpaired) electrons. The molecule has 5 rings (SSSR count). The van der Waals surface area contributed by atoms with Crippen LogP contribution in [0.2, 0.25) is 0 Å². The first kappa shape index (κ1) is 17.8. The van der Waals surface area contributed by atoms with Gasteiger partial charge in [0.2, 0.25) is 5.91 Å². The molecule has 3 heterocycles. The predicted octanol–water partition coefficient (Wildman–Crippen LogP) is 2.61. The molecule has 2 aliphatic rings. The van der Waals surface area contributed by atoms with Gasteiger partial charge in [-0.3, -0.25) is 4.79 Å². The zero-order valence-electron chi connectivity index (χ0n) is 15.5. The normalized spacial score (nSPS) is 26.1. The molecule has 7 nitrogen and oxygen atoms in total. The molecule has 148 valence electrons. The van der Waals surface area contributed by atoms with Crippen molar-refractivity contribution in [2.75, 3.05) is 0 Å². The van der Waals surface area contributed by atoms with Gasteiger partial charge in [-0.05, 0) is 35.9 Å². The van der Waals surface area contributed by atoms with E-state index in [1.807, 2.05) is 24.3 Å². The van der Waals surface area contributed by atoms with Crippen LogP contribution >= 0.6 is 0 Å². The molecular formula is C22H21N3O4. The summed E-state index contributed by atoms with van der Waals surface area (Å²) in [6, 6.07) is 16.7. The number of phenolic OH excluding ortho intramolecular Hbond substituents is 2. The molecule has 29 heavy (non-hydrogen) atoms. The highest BCUT2D eigenvalue weighted by atomic mass is 16.3. The number of nitrogens with one attached hydrogen (secondary N) is 2. The van der Waals surface area contributed by atoms with Gasteiger partial charge in [0.05, 0.1) is 24.9 Å². The van der Waals surface area contributed by atoms with Crippen LogP contribution in [0, 0.1) is 5.92 Å². The Morgan fingerprint density at radius 1 is 0.966 bits per heavy atom. The Balaban J connectivity index is 1.59. The number of hydrogen-bond acceptors (Lipinski definition) is 6. The van der Waals surface area contributed by atoms with Crippen LogP contribution in [0.15, 0.2) is 71.3 Å². The summed E-state index contributed by atoms with van der Waals surface area (Å²) < 4.78 is 5.49. The third-order valence-electron chi connectivity index (χ3n) is 5.80. The molecule has 0 bridgehead atoms. The van der Waals surface area contributed by atoms with Crippen LogP contribution in [0.25, 0.3) is 0 Å². The van der Waals surface area contributed by atoms with Crippen LogP contribution in [0.1, 0.15) is 29.0 Å². The first-order valence-electron chi connectivity index (χ1n) is 9.54. The van der Waals surface area contributed by atoms with E-state index in [1.165, 1.54) is 0 Å². The molecule has 4 N–H and O–H groups in total. The lowest BCUT2D eigenvalue weighted by molar-refractivity contribution is -0.131. The number of para-hydroxylation sites is 1. The van der Waals surface area contributed by atoms with Crippen molar-refractivity contribution < 1.29 is 19.4 Å². The quantitative estimate of drug-likeness (QED) is 0.546. The van der Waals surface area contributed by atoms with Crippen molar-refractivity contribution in [3.63, 3.8) is 0 Å². The number of hydrogen-bond donors (Lipinski definition) is 4. The molecule has 0 saturated carbocycles. The van der Waals surface area contributed by atoms with Crippen molar-refractivity contribution in [2.24, 2.45) is 5.92 Å². The second-order valence-corrected chi connectivity index (χ2v) is 7.47. The Bertz CT molecular complexity index is 1040. The van der Waals surface area contributed by atoms with Gasteiger partial charge in [0, 0.05) is 11.5 Å². The van der Waals surface area contributed by atoms with E-state index in [1.54, 1.807) is 47.6 Å². The second kappa shape index (κ2) is 6.95. The van der Waals surface area contributed by atoms with Gasteiger partial charge in [0.1, 0.15) is 23.3 Å². The molecule has 4 atom stereocenters. The number of nitrogens with zero attached hydrogens (tertiary/aromatic N) is 1. The smallest absolute Gasteiger partial charge is 0.242 e. The third-order valence-corrected chi connectivity index (χ3v) is 5.80. The molecule has 1 amide bonds. The average molecular weight is 391 g/mol. The molecule has 2 saturated heterocycles. The van der Waals surface area contributed by atoms with E-state index < -0.39 is 6.04 Å². The Kier molecular flexibility index (Phi) is 4.26. The number of likely N-dealkylation sites (tertiary alicyclic amines) is 1. The molecule has 1 aromatic heterocycles. The molecule has 2 fully saturated rings. The molecule has 4 unspecified atom stereocenters. The van der Waals surface area contributed by atoms with Crippen molar-refractivity contribution >= 4 is 5.91 Å². The van der Waals surface area contributed by atoms with E-state index in [-0.39, 0.29) is 35.4 Å². The summed E-state index contributed by atoms with van der Waals surface area (Å²) in [4.78, 5) is 15.1. The molecule has 2 aliphatic heterocycles. The van der Waals surface area contributed by atoms with Crippen LogP contribution < -0.4 is 10.9 Å². The maximum Gasteiger partial charge on any atom is 0.242 e. The monoisotopic (exact) mass is 391 g/mol. The summed E-state index contributed by atoms with van der Waals surface area (Å²) in [6.07, 6.45) is 1.59. The minimum Gasteiger partial charge on any atom is -0.508 e.